The molecule has 1 aromatic carbocycles. The molecule has 0 bridgehead atoms. The first-order valence-electron chi connectivity index (χ1n) is 5.39. The van der Waals surface area contributed by atoms with Crippen molar-refractivity contribution >= 4 is 53.1 Å². The molecule has 0 aliphatic carbocycles. The fourth-order valence-electron chi connectivity index (χ4n) is 1.79. The van der Waals surface area contributed by atoms with E-state index in [1.54, 1.807) is 14.2 Å². The molecule has 3 nitrogen and oxygen atoms in total. The van der Waals surface area contributed by atoms with E-state index < -0.39 is 5.79 Å². The molecule has 2 N–H and O–H groups in total. The van der Waals surface area contributed by atoms with Crippen LogP contribution in [-0.4, -0.2) is 27.1 Å². The highest BCUT2D eigenvalue weighted by molar-refractivity contribution is 14.1. The minimum Gasteiger partial charge on any atom is -0.393 e. The van der Waals surface area contributed by atoms with Crippen LogP contribution in [0.4, 0.5) is 0 Å². The first-order valence-corrected chi connectivity index (χ1v) is 6.88. The van der Waals surface area contributed by atoms with Crippen LogP contribution in [-0.2, 0) is 15.3 Å². The van der Waals surface area contributed by atoms with Crippen molar-refractivity contribution in [3.63, 3.8) is 0 Å². The van der Waals surface area contributed by atoms with E-state index >= 15 is 0 Å². The second-order valence-electron chi connectivity index (χ2n) is 3.86. The molecule has 0 heterocycles. The summed E-state index contributed by atoms with van der Waals surface area (Å²) in [6.07, 6.45) is 1.06. The number of benzene rings is 1. The van der Waals surface area contributed by atoms with Gasteiger partial charge in [-0.05, 0) is 34.7 Å². The summed E-state index contributed by atoms with van der Waals surface area (Å²) in [5, 5.41) is 0. The highest BCUT2D eigenvalue weighted by Gasteiger charge is 2.33. The van der Waals surface area contributed by atoms with Gasteiger partial charge in [0.25, 0.3) is 0 Å². The molecule has 0 atom stereocenters. The Morgan fingerprint density at radius 1 is 1.44 bits per heavy atom. The number of halogens is 1. The zero-order valence-electron chi connectivity index (χ0n) is 10.4. The summed E-state index contributed by atoms with van der Waals surface area (Å²) in [7, 11) is 9.18. The number of thiocarbonyl (C=S) groups is 1. The average Bonchev–Trinajstić information content (AvgIpc) is 2.35. The molecule has 6 heteroatoms. The molecule has 0 amide bonds. The monoisotopic (exact) mass is 375 g/mol. The molecule has 1 aromatic rings. The van der Waals surface area contributed by atoms with Gasteiger partial charge in [-0.3, -0.25) is 0 Å². The number of nitrogens with two attached hydrogens (primary N) is 1. The Morgan fingerprint density at radius 2 is 2.06 bits per heavy atom. The molecule has 0 unspecified atom stereocenters. The Labute approximate surface area is 128 Å². The Hall–Kier alpha value is -0.175. The van der Waals surface area contributed by atoms with Crippen LogP contribution < -0.4 is 11.2 Å². The van der Waals surface area contributed by atoms with Crippen LogP contribution in [0.25, 0.3) is 0 Å². The Morgan fingerprint density at radius 3 is 2.56 bits per heavy atom. The molecule has 0 spiro atoms. The van der Waals surface area contributed by atoms with Gasteiger partial charge in [0, 0.05) is 36.2 Å². The van der Waals surface area contributed by atoms with E-state index in [0.717, 1.165) is 9.13 Å². The first kappa shape index (κ1) is 15.9. The third kappa shape index (κ3) is 3.66. The molecular formula is C12H15BINO2S. The fraction of sp³-hybridized carbons (Fsp3) is 0.417. The molecule has 0 aromatic heterocycles. The molecule has 96 valence electrons. The van der Waals surface area contributed by atoms with Crippen LogP contribution in [0, 0.1) is 3.57 Å². The van der Waals surface area contributed by atoms with Crippen molar-refractivity contribution in [1.82, 2.24) is 0 Å². The highest BCUT2D eigenvalue weighted by atomic mass is 127. The molecule has 0 aliphatic rings. The van der Waals surface area contributed by atoms with E-state index in [-0.39, 0.29) is 0 Å². The fourth-order valence-corrected chi connectivity index (χ4v) is 2.38. The van der Waals surface area contributed by atoms with Crippen molar-refractivity contribution in [2.75, 3.05) is 14.2 Å². The lowest BCUT2D eigenvalue weighted by molar-refractivity contribution is -0.218. The van der Waals surface area contributed by atoms with Crippen molar-refractivity contribution < 1.29 is 9.47 Å². The van der Waals surface area contributed by atoms with Crippen LogP contribution in [0.5, 0.6) is 0 Å². The molecule has 2 radical (unpaired) electrons. The maximum Gasteiger partial charge on any atom is 0.194 e. The van der Waals surface area contributed by atoms with E-state index in [9.17, 15) is 0 Å². The predicted molar refractivity (Wildman–Crippen MR) is 86.3 cm³/mol. The van der Waals surface area contributed by atoms with Crippen LogP contribution >= 0.6 is 34.8 Å². The first-order chi connectivity index (χ1) is 8.45. The Bertz CT molecular complexity index is 438. The smallest absolute Gasteiger partial charge is 0.194 e. The number of rotatable bonds is 6. The third-order valence-corrected chi connectivity index (χ3v) is 3.66. The van der Waals surface area contributed by atoms with Crippen molar-refractivity contribution in [1.29, 1.82) is 0 Å². The molecule has 18 heavy (non-hydrogen) atoms. The Balaban J connectivity index is 3.16. The summed E-state index contributed by atoms with van der Waals surface area (Å²) in [4.78, 5) is 0.428. The second-order valence-corrected chi connectivity index (χ2v) is 5.63. The van der Waals surface area contributed by atoms with Gasteiger partial charge >= 0.3 is 0 Å². The van der Waals surface area contributed by atoms with E-state index in [2.05, 4.69) is 22.6 Å². The number of hydrogen-bond donors (Lipinski definition) is 1. The van der Waals surface area contributed by atoms with Gasteiger partial charge in [0.1, 0.15) is 7.85 Å². The lowest BCUT2D eigenvalue weighted by Gasteiger charge is -2.33. The lowest BCUT2D eigenvalue weighted by Crippen LogP contribution is -2.37. The number of ether oxygens (including phenoxy) is 2. The highest BCUT2D eigenvalue weighted by Crippen LogP contribution is 2.30. The quantitative estimate of drug-likeness (QED) is 0.355. The molecule has 0 aliphatic heterocycles. The number of methoxy groups -OCH3 is 2. The normalized spacial score (nSPS) is 11.5. The predicted octanol–water partition coefficient (Wildman–Crippen LogP) is 1.60. The molecule has 0 fully saturated rings. The minimum absolute atomic E-state index is 0.428. The van der Waals surface area contributed by atoms with Gasteiger partial charge in [-0.1, -0.05) is 23.7 Å². The van der Waals surface area contributed by atoms with Crippen molar-refractivity contribution in [3.8, 4) is 0 Å². The van der Waals surface area contributed by atoms with Gasteiger partial charge in [0.15, 0.2) is 5.79 Å². The molecule has 1 rings (SSSR count). The van der Waals surface area contributed by atoms with E-state index in [0.29, 0.717) is 23.3 Å². The van der Waals surface area contributed by atoms with Crippen molar-refractivity contribution in [2.45, 2.75) is 18.6 Å². The van der Waals surface area contributed by atoms with Crippen LogP contribution in [0.3, 0.4) is 0 Å². The van der Waals surface area contributed by atoms with Crippen LogP contribution in [0.15, 0.2) is 18.2 Å². The standard InChI is InChI=1S/C12H15BINO2S/c1-16-12(17-2,6-5-11(15)18)9-7-8(14)3-4-10(9)13/h3-4,7H,5-6H2,1-2H3,(H2,15,18). The summed E-state index contributed by atoms with van der Waals surface area (Å²) < 4.78 is 12.1. The maximum atomic E-state index is 6.01. The molecule has 0 saturated carbocycles. The maximum absolute atomic E-state index is 6.01. The van der Waals surface area contributed by atoms with Crippen molar-refractivity contribution in [2.24, 2.45) is 5.73 Å². The van der Waals surface area contributed by atoms with Crippen LogP contribution in [0.1, 0.15) is 18.4 Å². The zero-order valence-corrected chi connectivity index (χ0v) is 13.4. The lowest BCUT2D eigenvalue weighted by atomic mass is 9.85. The Kier molecular flexibility index (Phi) is 6.03. The van der Waals surface area contributed by atoms with E-state index in [1.165, 1.54) is 0 Å². The van der Waals surface area contributed by atoms with Gasteiger partial charge in [0.05, 0.1) is 4.99 Å². The van der Waals surface area contributed by atoms with Gasteiger partial charge < -0.3 is 15.2 Å². The van der Waals surface area contributed by atoms with Crippen LogP contribution in [0.2, 0.25) is 0 Å². The van der Waals surface area contributed by atoms with Gasteiger partial charge in [0.2, 0.25) is 0 Å². The molecule has 0 saturated heterocycles. The SMILES string of the molecule is [B]c1ccc(I)cc1C(CCC(N)=S)(OC)OC. The zero-order chi connectivity index (χ0) is 13.8. The van der Waals surface area contributed by atoms with Gasteiger partial charge in [-0.25, -0.2) is 0 Å². The molecular weight excluding hydrogens is 360 g/mol. The van der Waals surface area contributed by atoms with Gasteiger partial charge in [-0.15, -0.1) is 0 Å². The topological polar surface area (TPSA) is 44.5 Å². The summed E-state index contributed by atoms with van der Waals surface area (Å²) in [6, 6.07) is 5.72. The number of hydrogen-bond acceptors (Lipinski definition) is 3. The minimum atomic E-state index is -0.908. The van der Waals surface area contributed by atoms with Gasteiger partial charge in [-0.2, -0.15) is 0 Å². The largest absolute Gasteiger partial charge is 0.393 e. The summed E-state index contributed by atoms with van der Waals surface area (Å²) in [6.45, 7) is 0. The average molecular weight is 375 g/mol. The second kappa shape index (κ2) is 6.84. The summed E-state index contributed by atoms with van der Waals surface area (Å²) in [5.41, 5.74) is 6.97. The third-order valence-electron chi connectivity index (χ3n) is 2.79. The van der Waals surface area contributed by atoms with Crippen molar-refractivity contribution in [3.05, 3.63) is 27.3 Å². The van der Waals surface area contributed by atoms with E-state index in [4.69, 9.17) is 35.3 Å². The van der Waals surface area contributed by atoms with E-state index in [1.807, 2.05) is 18.2 Å². The summed E-state index contributed by atoms with van der Waals surface area (Å²) in [5.74, 6) is -0.908. The summed E-state index contributed by atoms with van der Waals surface area (Å²) >= 11 is 7.12.